The Kier molecular flexibility index (Phi) is 5.68. The lowest BCUT2D eigenvalue weighted by atomic mass is 9.94. The van der Waals surface area contributed by atoms with Crippen LogP contribution in [-0.4, -0.2) is 42.1 Å². The van der Waals surface area contributed by atoms with Crippen molar-refractivity contribution >= 4 is 12.0 Å². The first-order chi connectivity index (χ1) is 8.50. The zero-order valence-electron chi connectivity index (χ0n) is 11.1. The molecule has 0 radical (unpaired) electrons. The number of carboxylic acids is 1. The van der Waals surface area contributed by atoms with Gasteiger partial charge in [-0.25, -0.2) is 4.79 Å². The van der Waals surface area contributed by atoms with Crippen LogP contribution in [0.15, 0.2) is 12.2 Å². The Morgan fingerprint density at radius 3 is 2.78 bits per heavy atom. The normalized spacial score (nSPS) is 20.2. The molecule has 0 saturated heterocycles. The minimum absolute atomic E-state index is 0.197. The molecule has 0 aromatic carbocycles. The topological polar surface area (TPSA) is 69.6 Å². The zero-order chi connectivity index (χ0) is 13.5. The van der Waals surface area contributed by atoms with Gasteiger partial charge in [-0.3, -0.25) is 4.79 Å². The zero-order valence-corrected chi connectivity index (χ0v) is 11.1. The van der Waals surface area contributed by atoms with Gasteiger partial charge < -0.3 is 15.3 Å². The predicted molar refractivity (Wildman–Crippen MR) is 69.3 cm³/mol. The van der Waals surface area contributed by atoms with Crippen molar-refractivity contribution in [2.75, 3.05) is 20.1 Å². The molecule has 2 atom stereocenters. The van der Waals surface area contributed by atoms with Crippen LogP contribution in [0.1, 0.15) is 26.2 Å². The fraction of sp³-hybridized carbons (Fsp3) is 0.692. The quantitative estimate of drug-likeness (QED) is 0.734. The average Bonchev–Trinajstić information content (AvgIpc) is 2.36. The van der Waals surface area contributed by atoms with Gasteiger partial charge in [0.2, 0.25) is 0 Å². The van der Waals surface area contributed by atoms with E-state index in [1.54, 1.807) is 14.0 Å². The van der Waals surface area contributed by atoms with Gasteiger partial charge in [0.1, 0.15) is 0 Å². The van der Waals surface area contributed by atoms with Crippen molar-refractivity contribution in [1.82, 2.24) is 10.2 Å². The Bertz CT molecular complexity index is 328. The lowest BCUT2D eigenvalue weighted by Gasteiger charge is -2.23. The van der Waals surface area contributed by atoms with Crippen LogP contribution in [0.4, 0.5) is 4.79 Å². The van der Waals surface area contributed by atoms with Crippen molar-refractivity contribution in [3.63, 3.8) is 0 Å². The van der Waals surface area contributed by atoms with Gasteiger partial charge in [-0.2, -0.15) is 0 Å². The highest BCUT2D eigenvalue weighted by molar-refractivity contribution is 5.75. The molecule has 2 N–H and O–H groups in total. The summed E-state index contributed by atoms with van der Waals surface area (Å²) in [5.41, 5.74) is 0. The summed E-state index contributed by atoms with van der Waals surface area (Å²) in [4.78, 5) is 23.9. The predicted octanol–water partition coefficient (Wildman–Crippen LogP) is 1.70. The lowest BCUT2D eigenvalue weighted by Crippen LogP contribution is -2.42. The Hall–Kier alpha value is -1.52. The second-order valence-corrected chi connectivity index (χ2v) is 4.96. The molecule has 0 aromatic rings. The minimum atomic E-state index is -0.882. The molecule has 0 heterocycles. The summed E-state index contributed by atoms with van der Waals surface area (Å²) in [6.45, 7) is 2.48. The molecular weight excluding hydrogens is 232 g/mol. The van der Waals surface area contributed by atoms with E-state index in [2.05, 4.69) is 17.5 Å². The number of carbonyl (C=O) groups is 2. The second kappa shape index (κ2) is 7.03. The van der Waals surface area contributed by atoms with Crippen LogP contribution in [0.3, 0.4) is 0 Å². The molecular formula is C13H22N2O3. The summed E-state index contributed by atoms with van der Waals surface area (Å²) in [6, 6.07) is -0.197. The molecule has 2 unspecified atom stereocenters. The van der Waals surface area contributed by atoms with Gasteiger partial charge in [0, 0.05) is 20.1 Å². The van der Waals surface area contributed by atoms with E-state index in [9.17, 15) is 9.59 Å². The number of aliphatic carboxylic acids is 1. The number of rotatable bonds is 5. The van der Waals surface area contributed by atoms with Crippen LogP contribution in [-0.2, 0) is 4.79 Å². The maximum atomic E-state index is 11.7. The highest BCUT2D eigenvalue weighted by Crippen LogP contribution is 2.16. The van der Waals surface area contributed by atoms with Gasteiger partial charge in [-0.05, 0) is 25.2 Å². The van der Waals surface area contributed by atoms with Crippen molar-refractivity contribution < 1.29 is 14.7 Å². The summed E-state index contributed by atoms with van der Waals surface area (Å²) < 4.78 is 0. The van der Waals surface area contributed by atoms with Crippen molar-refractivity contribution in [3.8, 4) is 0 Å². The average molecular weight is 254 g/mol. The van der Waals surface area contributed by atoms with E-state index in [4.69, 9.17) is 5.11 Å². The number of nitrogens with one attached hydrogen (secondary N) is 1. The number of carboxylic acid groups (broad SMARTS) is 1. The Morgan fingerprint density at radius 1 is 1.50 bits per heavy atom. The van der Waals surface area contributed by atoms with Gasteiger partial charge in [0.25, 0.3) is 0 Å². The summed E-state index contributed by atoms with van der Waals surface area (Å²) in [7, 11) is 1.62. The van der Waals surface area contributed by atoms with Crippen LogP contribution >= 0.6 is 0 Å². The highest BCUT2D eigenvalue weighted by Gasteiger charge is 2.18. The third kappa shape index (κ3) is 4.77. The van der Waals surface area contributed by atoms with E-state index in [1.807, 2.05) is 0 Å². The minimum Gasteiger partial charge on any atom is -0.481 e. The van der Waals surface area contributed by atoms with E-state index in [-0.39, 0.29) is 12.6 Å². The molecule has 1 aliphatic rings. The van der Waals surface area contributed by atoms with Crippen LogP contribution in [0, 0.1) is 11.8 Å². The molecule has 102 valence electrons. The van der Waals surface area contributed by atoms with E-state index in [0.29, 0.717) is 12.5 Å². The summed E-state index contributed by atoms with van der Waals surface area (Å²) in [5, 5.41) is 11.6. The SMILES string of the molecule is CC(CN(C)C(=O)NCC1CC=CCC1)C(=O)O. The molecule has 1 rings (SSSR count). The molecule has 0 bridgehead atoms. The Balaban J connectivity index is 2.26. The molecule has 0 spiro atoms. The molecule has 0 saturated carbocycles. The largest absolute Gasteiger partial charge is 0.481 e. The molecule has 5 nitrogen and oxygen atoms in total. The van der Waals surface area contributed by atoms with Crippen molar-refractivity contribution in [3.05, 3.63) is 12.2 Å². The number of amides is 2. The number of urea groups is 1. The molecule has 18 heavy (non-hydrogen) atoms. The molecule has 1 aliphatic carbocycles. The number of allylic oxidation sites excluding steroid dienone is 2. The standard InChI is InChI=1S/C13H22N2O3/c1-10(12(16)17)9-15(2)13(18)14-8-11-6-4-3-5-7-11/h3-4,10-11H,5-9H2,1-2H3,(H,14,18)(H,16,17). The van der Waals surface area contributed by atoms with E-state index in [1.165, 1.54) is 4.90 Å². The first-order valence-electron chi connectivity index (χ1n) is 6.37. The van der Waals surface area contributed by atoms with Gasteiger partial charge in [0.15, 0.2) is 0 Å². The maximum Gasteiger partial charge on any atom is 0.317 e. The third-order valence-corrected chi connectivity index (χ3v) is 3.24. The third-order valence-electron chi connectivity index (χ3n) is 3.24. The first kappa shape index (κ1) is 14.5. The summed E-state index contributed by atoms with van der Waals surface area (Å²) >= 11 is 0. The van der Waals surface area contributed by atoms with Crippen LogP contribution in [0.25, 0.3) is 0 Å². The van der Waals surface area contributed by atoms with Gasteiger partial charge in [-0.15, -0.1) is 0 Å². The summed E-state index contributed by atoms with van der Waals surface area (Å²) in [5.74, 6) is -0.922. The fourth-order valence-corrected chi connectivity index (χ4v) is 1.98. The Labute approximate surface area is 108 Å². The summed E-state index contributed by atoms with van der Waals surface area (Å²) in [6.07, 6.45) is 7.50. The van der Waals surface area contributed by atoms with E-state index >= 15 is 0 Å². The fourth-order valence-electron chi connectivity index (χ4n) is 1.98. The monoisotopic (exact) mass is 254 g/mol. The first-order valence-corrected chi connectivity index (χ1v) is 6.37. The number of nitrogens with zero attached hydrogens (tertiary/aromatic N) is 1. The molecule has 5 heteroatoms. The smallest absolute Gasteiger partial charge is 0.317 e. The van der Waals surface area contributed by atoms with Crippen LogP contribution in [0.2, 0.25) is 0 Å². The molecule has 0 aromatic heterocycles. The lowest BCUT2D eigenvalue weighted by molar-refractivity contribution is -0.141. The Morgan fingerprint density at radius 2 is 2.22 bits per heavy atom. The van der Waals surface area contributed by atoms with E-state index < -0.39 is 11.9 Å². The molecule has 0 fully saturated rings. The maximum absolute atomic E-state index is 11.7. The van der Waals surface area contributed by atoms with Gasteiger partial charge >= 0.3 is 12.0 Å². The van der Waals surface area contributed by atoms with Crippen molar-refractivity contribution in [2.45, 2.75) is 26.2 Å². The number of carbonyl (C=O) groups excluding carboxylic acids is 1. The van der Waals surface area contributed by atoms with Crippen LogP contribution < -0.4 is 5.32 Å². The van der Waals surface area contributed by atoms with Crippen LogP contribution in [0.5, 0.6) is 0 Å². The van der Waals surface area contributed by atoms with E-state index in [0.717, 1.165) is 19.3 Å². The van der Waals surface area contributed by atoms with Crippen molar-refractivity contribution in [1.29, 1.82) is 0 Å². The number of hydrogen-bond donors (Lipinski definition) is 2. The van der Waals surface area contributed by atoms with Gasteiger partial charge in [-0.1, -0.05) is 19.1 Å². The second-order valence-electron chi connectivity index (χ2n) is 4.96. The molecule has 0 aliphatic heterocycles. The van der Waals surface area contributed by atoms with Crippen molar-refractivity contribution in [2.24, 2.45) is 11.8 Å². The van der Waals surface area contributed by atoms with Gasteiger partial charge in [0.05, 0.1) is 5.92 Å². The highest BCUT2D eigenvalue weighted by atomic mass is 16.4. The molecule has 2 amide bonds. The number of hydrogen-bond acceptors (Lipinski definition) is 2.